The van der Waals surface area contributed by atoms with Crippen LogP contribution in [0, 0.1) is 18.6 Å². The summed E-state index contributed by atoms with van der Waals surface area (Å²) in [6.45, 7) is 3.36. The van der Waals surface area contributed by atoms with Crippen LogP contribution in [0.3, 0.4) is 0 Å². The summed E-state index contributed by atoms with van der Waals surface area (Å²) in [5.74, 6) is -2.41. The van der Waals surface area contributed by atoms with E-state index in [1.54, 1.807) is 0 Å². The van der Waals surface area contributed by atoms with E-state index in [-0.39, 0.29) is 29.1 Å². The van der Waals surface area contributed by atoms with Gasteiger partial charge in [0.1, 0.15) is 17.4 Å². The van der Waals surface area contributed by atoms with Crippen LogP contribution in [0.1, 0.15) is 41.3 Å². The Morgan fingerprint density at radius 3 is 2.19 bits per heavy atom. The van der Waals surface area contributed by atoms with Crippen LogP contribution in [-0.2, 0) is 11.2 Å². The van der Waals surface area contributed by atoms with Crippen LogP contribution in [-0.4, -0.2) is 22.0 Å². The molecule has 2 N–H and O–H groups in total. The summed E-state index contributed by atoms with van der Waals surface area (Å²) in [5, 5.41) is 18.1. The number of aromatic hydroxyl groups is 1. The van der Waals surface area contributed by atoms with Crippen molar-refractivity contribution < 1.29 is 28.6 Å². The van der Waals surface area contributed by atoms with Crippen LogP contribution in [0.5, 0.6) is 5.75 Å². The number of carboxylic acids is 1. The zero-order chi connectivity index (χ0) is 23.0. The van der Waals surface area contributed by atoms with Crippen LogP contribution < -0.4 is 0 Å². The lowest BCUT2D eigenvalue weighted by Crippen LogP contribution is -1.95. The van der Waals surface area contributed by atoms with Crippen LogP contribution >= 0.6 is 0 Å². The molecule has 0 atom stereocenters. The molecule has 31 heavy (non-hydrogen) atoms. The molecule has 0 fully saturated rings. The van der Waals surface area contributed by atoms with E-state index < -0.39 is 17.6 Å². The first-order valence-corrected chi connectivity index (χ1v) is 9.74. The molecule has 0 aromatic heterocycles. The number of rotatable bonds is 6. The van der Waals surface area contributed by atoms with Gasteiger partial charge in [-0.15, -0.1) is 0 Å². The van der Waals surface area contributed by atoms with E-state index in [2.05, 4.69) is 24.3 Å². The number of hydrogen-bond donors (Lipinski definition) is 2. The molecule has 0 amide bonds. The van der Waals surface area contributed by atoms with Gasteiger partial charge >= 0.3 is 5.97 Å². The minimum Gasteiger partial charge on any atom is -0.507 e. The fourth-order valence-electron chi connectivity index (χ4n) is 2.91. The van der Waals surface area contributed by atoms with E-state index in [4.69, 9.17) is 5.11 Å². The molecule has 0 aliphatic carbocycles. The van der Waals surface area contributed by atoms with E-state index in [1.165, 1.54) is 36.2 Å². The Morgan fingerprint density at radius 2 is 1.61 bits per heavy atom. The van der Waals surface area contributed by atoms with Gasteiger partial charge in [-0.1, -0.05) is 35.9 Å². The summed E-state index contributed by atoms with van der Waals surface area (Å²) in [5.41, 5.74) is 2.96. The summed E-state index contributed by atoms with van der Waals surface area (Å²) in [4.78, 5) is 21.4. The molecule has 0 heterocycles. The minimum atomic E-state index is -0.716. The quantitative estimate of drug-likeness (QED) is 0.478. The van der Waals surface area contributed by atoms with Crippen LogP contribution in [0.25, 0.3) is 11.1 Å². The highest BCUT2D eigenvalue weighted by atomic mass is 19.1. The molecular formula is C25H24F2O4. The average molecular weight is 426 g/mol. The van der Waals surface area contributed by atoms with E-state index in [0.29, 0.717) is 5.56 Å². The number of hydrogen-bond acceptors (Lipinski definition) is 3. The number of carbonyl (C=O) groups excluding carboxylic acids is 1. The van der Waals surface area contributed by atoms with Gasteiger partial charge in [0.15, 0.2) is 5.78 Å². The minimum absolute atomic E-state index is 0.0420. The molecule has 0 unspecified atom stereocenters. The monoisotopic (exact) mass is 426 g/mol. The van der Waals surface area contributed by atoms with Gasteiger partial charge in [0.2, 0.25) is 0 Å². The maximum atomic E-state index is 13.5. The lowest BCUT2D eigenvalue weighted by Gasteiger charge is -2.06. The van der Waals surface area contributed by atoms with Gasteiger partial charge in [0.05, 0.1) is 5.56 Å². The van der Waals surface area contributed by atoms with E-state index >= 15 is 0 Å². The van der Waals surface area contributed by atoms with Gasteiger partial charge in [-0.2, -0.15) is 0 Å². The smallest absolute Gasteiger partial charge is 0.303 e. The van der Waals surface area contributed by atoms with E-state index in [1.807, 2.05) is 6.92 Å². The van der Waals surface area contributed by atoms with Crippen LogP contribution in [0.2, 0.25) is 0 Å². The van der Waals surface area contributed by atoms with Gasteiger partial charge in [0.25, 0.3) is 0 Å². The molecule has 3 aromatic rings. The first-order valence-electron chi connectivity index (χ1n) is 9.74. The summed E-state index contributed by atoms with van der Waals surface area (Å²) < 4.78 is 26.6. The first kappa shape index (κ1) is 23.7. The number of phenols is 1. The Labute approximate surface area is 179 Å². The molecule has 0 saturated carbocycles. The van der Waals surface area contributed by atoms with Crippen molar-refractivity contribution in [3.05, 3.63) is 89.0 Å². The third-order valence-corrected chi connectivity index (χ3v) is 4.59. The molecule has 3 rings (SSSR count). The Kier molecular flexibility index (Phi) is 8.43. The normalized spacial score (nSPS) is 10.2. The molecule has 0 spiro atoms. The number of Topliss-reactive ketones (excluding diaryl/α,β-unsaturated/α-hetero) is 1. The summed E-state index contributed by atoms with van der Waals surface area (Å²) in [6, 6.07) is 15.4. The van der Waals surface area contributed by atoms with E-state index in [9.17, 15) is 23.5 Å². The Bertz CT molecular complexity index is 1060. The molecule has 0 aliphatic rings. The summed E-state index contributed by atoms with van der Waals surface area (Å²) >= 11 is 0. The largest absolute Gasteiger partial charge is 0.507 e. The SMILES string of the molecule is CC(=O)c1ccc(-c2cc(F)ccc2F)cc1O.Cc1ccc(CCCC(=O)O)cc1. The third kappa shape index (κ3) is 7.33. The number of ketones is 1. The summed E-state index contributed by atoms with van der Waals surface area (Å²) in [6.07, 6.45) is 1.83. The van der Waals surface area contributed by atoms with Gasteiger partial charge < -0.3 is 10.2 Å². The molecule has 0 radical (unpaired) electrons. The second kappa shape index (κ2) is 11.0. The maximum absolute atomic E-state index is 13.5. The van der Waals surface area contributed by atoms with Crippen molar-refractivity contribution in [3.63, 3.8) is 0 Å². The number of halogens is 2. The number of aliphatic carboxylic acids is 1. The lowest BCUT2D eigenvalue weighted by molar-refractivity contribution is -0.137. The molecule has 162 valence electrons. The molecule has 3 aromatic carbocycles. The molecule has 0 saturated heterocycles. The fraction of sp³-hybridized carbons (Fsp3) is 0.200. The highest BCUT2D eigenvalue weighted by Crippen LogP contribution is 2.29. The second-order valence-electron chi connectivity index (χ2n) is 7.15. The van der Waals surface area contributed by atoms with E-state index in [0.717, 1.165) is 31.0 Å². The maximum Gasteiger partial charge on any atom is 0.303 e. The number of phenolic OH excluding ortho intramolecular Hbond substituents is 1. The van der Waals surface area contributed by atoms with Crippen LogP contribution in [0.4, 0.5) is 8.78 Å². The Morgan fingerprint density at radius 1 is 0.935 bits per heavy atom. The number of carbonyl (C=O) groups is 2. The van der Waals surface area contributed by atoms with Crippen molar-refractivity contribution in [1.29, 1.82) is 0 Å². The topological polar surface area (TPSA) is 74.6 Å². The van der Waals surface area contributed by atoms with Gasteiger partial charge in [-0.3, -0.25) is 9.59 Å². The second-order valence-corrected chi connectivity index (χ2v) is 7.15. The number of aryl methyl sites for hydroxylation is 2. The average Bonchev–Trinajstić information content (AvgIpc) is 2.71. The fourth-order valence-corrected chi connectivity index (χ4v) is 2.91. The van der Waals surface area contributed by atoms with Crippen molar-refractivity contribution in [2.75, 3.05) is 0 Å². The molecule has 0 aliphatic heterocycles. The van der Waals surface area contributed by atoms with Gasteiger partial charge in [0, 0.05) is 12.0 Å². The highest BCUT2D eigenvalue weighted by Gasteiger charge is 2.11. The van der Waals surface area contributed by atoms with Crippen molar-refractivity contribution in [2.24, 2.45) is 0 Å². The van der Waals surface area contributed by atoms with Crippen molar-refractivity contribution in [2.45, 2.75) is 33.1 Å². The zero-order valence-corrected chi connectivity index (χ0v) is 17.4. The lowest BCUT2D eigenvalue weighted by atomic mass is 10.0. The third-order valence-electron chi connectivity index (χ3n) is 4.59. The summed E-state index contributed by atoms with van der Waals surface area (Å²) in [7, 11) is 0. The number of carboxylic acid groups (broad SMARTS) is 1. The van der Waals surface area contributed by atoms with Crippen molar-refractivity contribution in [3.8, 4) is 16.9 Å². The predicted octanol–water partition coefficient (Wildman–Crippen LogP) is 5.94. The highest BCUT2D eigenvalue weighted by molar-refractivity contribution is 5.97. The predicted molar refractivity (Wildman–Crippen MR) is 115 cm³/mol. The molecule has 6 heteroatoms. The molecule has 4 nitrogen and oxygen atoms in total. The standard InChI is InChI=1S/C14H10F2O2.C11H14O2/c1-8(17)11-4-2-9(6-14(11)18)12-7-10(15)3-5-13(12)16;1-9-5-7-10(8-6-9)3-2-4-11(12)13/h2-7,18H,1H3;5-8H,2-4H2,1H3,(H,12,13). The first-order chi connectivity index (χ1) is 14.7. The van der Waals surface area contributed by atoms with Crippen molar-refractivity contribution in [1.82, 2.24) is 0 Å². The van der Waals surface area contributed by atoms with Gasteiger partial charge in [-0.25, -0.2) is 8.78 Å². The van der Waals surface area contributed by atoms with Crippen LogP contribution in [0.15, 0.2) is 60.7 Å². The van der Waals surface area contributed by atoms with Gasteiger partial charge in [-0.05, 0) is 68.1 Å². The molecular weight excluding hydrogens is 402 g/mol. The van der Waals surface area contributed by atoms with Crippen molar-refractivity contribution >= 4 is 11.8 Å². The Balaban J connectivity index is 0.000000233. The number of benzene rings is 3. The Hall–Kier alpha value is -3.54. The molecule has 0 bridgehead atoms. The zero-order valence-electron chi connectivity index (χ0n) is 17.4.